The first-order valence-corrected chi connectivity index (χ1v) is 7.40. The Morgan fingerprint density at radius 3 is 2.06 bits per heavy atom. The highest BCUT2D eigenvalue weighted by atomic mass is 32.2. The molecule has 1 aromatic rings. The molecule has 0 saturated heterocycles. The van der Waals surface area contributed by atoms with Gasteiger partial charge in [-0.1, -0.05) is 24.3 Å². The van der Waals surface area contributed by atoms with Crippen molar-refractivity contribution in [2.45, 2.75) is 6.92 Å². The van der Waals surface area contributed by atoms with Crippen LogP contribution in [0.2, 0.25) is 0 Å². The van der Waals surface area contributed by atoms with Crippen LogP contribution in [0, 0.1) is 0 Å². The predicted octanol–water partition coefficient (Wildman–Crippen LogP) is 1.83. The molecule has 0 bridgehead atoms. The van der Waals surface area contributed by atoms with Gasteiger partial charge in [-0.15, -0.1) is 4.21 Å². The number of carbonyl (C=O) groups is 2. The van der Waals surface area contributed by atoms with Crippen molar-refractivity contribution >= 4 is 21.5 Å². The van der Waals surface area contributed by atoms with E-state index in [1.165, 1.54) is 6.92 Å². The van der Waals surface area contributed by atoms with Crippen LogP contribution in [-0.2, 0) is 14.1 Å². The van der Waals surface area contributed by atoms with Crippen LogP contribution in [0.5, 0.6) is 0 Å². The van der Waals surface area contributed by atoms with Crippen LogP contribution >= 0.6 is 0 Å². The van der Waals surface area contributed by atoms with Gasteiger partial charge in [0.2, 0.25) is 5.78 Å². The van der Waals surface area contributed by atoms with Crippen LogP contribution in [-0.4, -0.2) is 29.8 Å². The monoisotopic (exact) mass is 239 g/mol. The Balaban J connectivity index is 3.09. The quantitative estimate of drug-likeness (QED) is 0.595. The summed E-state index contributed by atoms with van der Waals surface area (Å²) in [5.74, 6) is -0.402. The number of rotatable bonds is 4. The van der Waals surface area contributed by atoms with Gasteiger partial charge < -0.3 is 0 Å². The highest BCUT2D eigenvalue weighted by molar-refractivity contribution is 8.02. The molecule has 0 unspecified atom stereocenters. The summed E-state index contributed by atoms with van der Waals surface area (Å²) >= 11 is 0. The summed E-state index contributed by atoms with van der Waals surface area (Å²) in [4.78, 5) is 23.2. The largest absolute Gasteiger partial charge is 0.294 e. The molecule has 0 heterocycles. The highest BCUT2D eigenvalue weighted by Gasteiger charge is 2.23. The number of Topliss-reactive ketones (excluding diaryl/α,β-unsaturated/α-hetero) is 2. The first-order valence-electron chi connectivity index (χ1n) is 4.86. The Labute approximate surface area is 96.3 Å². The Kier molecular flexibility index (Phi) is 3.75. The van der Waals surface area contributed by atoms with Crippen LogP contribution in [0.25, 0.3) is 0 Å². The van der Waals surface area contributed by atoms with Gasteiger partial charge >= 0.3 is 0 Å². The van der Waals surface area contributed by atoms with Gasteiger partial charge in [-0.25, -0.2) is 0 Å². The van der Waals surface area contributed by atoms with Crippen LogP contribution in [0.15, 0.2) is 24.3 Å². The van der Waals surface area contributed by atoms with Crippen LogP contribution in [0.4, 0.5) is 0 Å². The first kappa shape index (κ1) is 12.8. The van der Waals surface area contributed by atoms with E-state index in [-0.39, 0.29) is 17.3 Å². The number of ketones is 2. The molecule has 0 aromatic heterocycles. The van der Waals surface area contributed by atoms with E-state index in [0.717, 1.165) is 0 Å². The molecule has 0 N–H and O–H groups in total. The third-order valence-electron chi connectivity index (χ3n) is 2.09. The molecule has 0 radical (unpaired) electrons. The van der Waals surface area contributed by atoms with Gasteiger partial charge in [0, 0.05) is 11.1 Å². The van der Waals surface area contributed by atoms with Crippen molar-refractivity contribution in [1.29, 1.82) is 0 Å². The smallest absolute Gasteiger partial charge is 0.212 e. The molecule has 0 spiro atoms. The second-order valence-corrected chi connectivity index (χ2v) is 7.27. The highest BCUT2D eigenvalue weighted by Crippen LogP contribution is 2.12. The van der Waals surface area contributed by atoms with E-state index < -0.39 is 9.93 Å². The van der Waals surface area contributed by atoms with Crippen molar-refractivity contribution in [2.24, 2.45) is 0 Å². The molecular weight excluding hydrogens is 224 g/mol. The summed E-state index contributed by atoms with van der Waals surface area (Å²) in [6.07, 6.45) is 3.09. The van der Waals surface area contributed by atoms with Gasteiger partial charge in [0.1, 0.15) is 12.5 Å². The molecular formula is C12H15O3S+. The van der Waals surface area contributed by atoms with E-state index >= 15 is 0 Å². The lowest BCUT2D eigenvalue weighted by Gasteiger charge is -2.05. The van der Waals surface area contributed by atoms with Crippen molar-refractivity contribution in [3.05, 3.63) is 35.4 Å². The molecule has 0 fully saturated rings. The van der Waals surface area contributed by atoms with E-state index in [0.29, 0.717) is 11.1 Å². The first-order chi connectivity index (χ1) is 7.31. The van der Waals surface area contributed by atoms with Crippen molar-refractivity contribution in [1.82, 2.24) is 0 Å². The second kappa shape index (κ2) is 4.70. The molecule has 0 saturated carbocycles. The lowest BCUT2D eigenvalue weighted by atomic mass is 10.0. The molecule has 1 aromatic carbocycles. The molecule has 0 aliphatic heterocycles. The third-order valence-corrected chi connectivity index (χ3v) is 3.04. The SMILES string of the molecule is CC(=O)c1ccccc1C(=O)C[S+](C)(C)=O. The Bertz CT molecular complexity index is 471. The molecule has 0 amide bonds. The third kappa shape index (κ3) is 3.38. The topological polar surface area (TPSA) is 51.2 Å². The maximum atomic E-state index is 11.9. The molecule has 0 atom stereocenters. The van der Waals surface area contributed by atoms with Gasteiger partial charge in [-0.3, -0.25) is 9.59 Å². The van der Waals surface area contributed by atoms with Crippen LogP contribution < -0.4 is 0 Å². The normalized spacial score (nSPS) is 11.2. The summed E-state index contributed by atoms with van der Waals surface area (Å²) < 4.78 is 11.5. The number of hydrogen-bond acceptors (Lipinski definition) is 3. The average molecular weight is 239 g/mol. The molecule has 0 aliphatic carbocycles. The van der Waals surface area contributed by atoms with E-state index in [9.17, 15) is 13.8 Å². The number of carbonyl (C=O) groups excluding carboxylic acids is 2. The molecule has 86 valence electrons. The molecule has 4 heteroatoms. The lowest BCUT2D eigenvalue weighted by Crippen LogP contribution is -2.21. The molecule has 16 heavy (non-hydrogen) atoms. The minimum Gasteiger partial charge on any atom is -0.294 e. The summed E-state index contributed by atoms with van der Waals surface area (Å²) in [6.45, 7) is 1.42. The number of benzene rings is 1. The molecule has 3 nitrogen and oxygen atoms in total. The predicted molar refractivity (Wildman–Crippen MR) is 65.5 cm³/mol. The summed E-state index contributed by atoms with van der Waals surface area (Å²) in [7, 11) is -2.12. The van der Waals surface area contributed by atoms with E-state index in [1.54, 1.807) is 36.8 Å². The van der Waals surface area contributed by atoms with Crippen molar-refractivity contribution in [3.8, 4) is 0 Å². The Morgan fingerprint density at radius 2 is 1.62 bits per heavy atom. The summed E-state index contributed by atoms with van der Waals surface area (Å²) in [5, 5.41) is 0. The van der Waals surface area contributed by atoms with Crippen molar-refractivity contribution < 1.29 is 13.8 Å². The molecule has 1 rings (SSSR count). The lowest BCUT2D eigenvalue weighted by molar-refractivity contribution is 0.0982. The van der Waals surface area contributed by atoms with Crippen molar-refractivity contribution in [3.63, 3.8) is 0 Å². The fourth-order valence-electron chi connectivity index (χ4n) is 1.43. The standard InChI is InChI=1S/C12H15O3S/c1-9(13)10-6-4-5-7-11(10)12(14)8-16(2,3)15/h4-7H,8H2,1-3H3/q+1. The average Bonchev–Trinajstić information content (AvgIpc) is 2.15. The zero-order chi connectivity index (χ0) is 12.3. The number of hydrogen-bond donors (Lipinski definition) is 0. The van der Waals surface area contributed by atoms with E-state index in [1.807, 2.05) is 0 Å². The molecule has 0 aliphatic rings. The Hall–Kier alpha value is -1.29. The minimum absolute atomic E-state index is 0.0166. The van der Waals surface area contributed by atoms with Gasteiger partial charge in [-0.05, 0) is 6.92 Å². The van der Waals surface area contributed by atoms with Gasteiger partial charge in [0.25, 0.3) is 0 Å². The summed E-state index contributed by atoms with van der Waals surface area (Å²) in [6, 6.07) is 6.63. The van der Waals surface area contributed by atoms with Gasteiger partial charge in [-0.2, -0.15) is 0 Å². The minimum atomic E-state index is -2.12. The van der Waals surface area contributed by atoms with Crippen LogP contribution in [0.1, 0.15) is 27.6 Å². The summed E-state index contributed by atoms with van der Waals surface area (Å²) in [5.41, 5.74) is 0.766. The maximum Gasteiger partial charge on any atom is 0.212 e. The Morgan fingerprint density at radius 1 is 1.12 bits per heavy atom. The van der Waals surface area contributed by atoms with E-state index in [2.05, 4.69) is 0 Å². The zero-order valence-electron chi connectivity index (χ0n) is 9.65. The second-order valence-electron chi connectivity index (χ2n) is 4.11. The fourth-order valence-corrected chi connectivity index (χ4v) is 2.21. The van der Waals surface area contributed by atoms with E-state index in [4.69, 9.17) is 0 Å². The van der Waals surface area contributed by atoms with Crippen molar-refractivity contribution in [2.75, 3.05) is 18.3 Å². The van der Waals surface area contributed by atoms with Gasteiger partial charge in [0.15, 0.2) is 11.5 Å². The maximum absolute atomic E-state index is 11.9. The van der Waals surface area contributed by atoms with Gasteiger partial charge in [0.05, 0.1) is 9.93 Å². The fraction of sp³-hybridized carbons (Fsp3) is 0.333. The van der Waals surface area contributed by atoms with Crippen LogP contribution in [0.3, 0.4) is 0 Å². The zero-order valence-corrected chi connectivity index (χ0v) is 10.5.